The zero-order valence-electron chi connectivity index (χ0n) is 13.0. The van der Waals surface area contributed by atoms with Crippen LogP contribution in [0, 0.1) is 0 Å². The minimum absolute atomic E-state index is 0.128. The second kappa shape index (κ2) is 7.22. The molecule has 3 rings (SSSR count). The summed E-state index contributed by atoms with van der Waals surface area (Å²) < 4.78 is 0. The van der Waals surface area contributed by atoms with Gasteiger partial charge in [0.05, 0.1) is 5.69 Å². The lowest BCUT2D eigenvalue weighted by Crippen LogP contribution is -2.38. The van der Waals surface area contributed by atoms with Crippen molar-refractivity contribution < 1.29 is 4.79 Å². The standard InChI is InChI=1S/C18H21N3O2/c22-17(19-14-10-6-3-7-11-14)15-12-16(20-21-18(15)23)13-8-4-1-2-5-9-13/h1,4-5,8-9,12,14H,2-3,6-7,10-11H2,(H,19,22)(H,21,23). The van der Waals surface area contributed by atoms with Gasteiger partial charge in [0.25, 0.3) is 11.5 Å². The first-order valence-corrected chi connectivity index (χ1v) is 8.18. The molecule has 0 atom stereocenters. The summed E-state index contributed by atoms with van der Waals surface area (Å²) in [4.78, 5) is 24.4. The molecule has 2 aliphatic rings. The van der Waals surface area contributed by atoms with E-state index in [1.165, 1.54) is 6.42 Å². The van der Waals surface area contributed by atoms with Gasteiger partial charge in [0, 0.05) is 11.6 Å². The van der Waals surface area contributed by atoms with Crippen LogP contribution in [0.2, 0.25) is 0 Å². The minimum atomic E-state index is -0.448. The van der Waals surface area contributed by atoms with E-state index in [0.29, 0.717) is 5.69 Å². The predicted octanol–water partition coefficient (Wildman–Crippen LogP) is 2.73. The molecule has 0 unspecified atom stereocenters. The van der Waals surface area contributed by atoms with Gasteiger partial charge in [0.15, 0.2) is 0 Å². The molecule has 5 nitrogen and oxygen atoms in total. The summed E-state index contributed by atoms with van der Waals surface area (Å²) in [5.74, 6) is -0.310. The normalized spacial score (nSPS) is 18.3. The van der Waals surface area contributed by atoms with Crippen molar-refractivity contribution in [3.05, 3.63) is 58.1 Å². The number of nitrogens with one attached hydrogen (secondary N) is 2. The van der Waals surface area contributed by atoms with Crippen LogP contribution >= 0.6 is 0 Å². The van der Waals surface area contributed by atoms with Gasteiger partial charge in [-0.15, -0.1) is 0 Å². The molecular weight excluding hydrogens is 290 g/mol. The fourth-order valence-corrected chi connectivity index (χ4v) is 2.98. The number of nitrogens with zero attached hydrogens (tertiary/aromatic N) is 1. The Balaban J connectivity index is 1.82. The van der Waals surface area contributed by atoms with Crippen LogP contribution in [0.1, 0.15) is 54.6 Å². The molecule has 0 saturated heterocycles. The Bertz CT molecular complexity index is 722. The van der Waals surface area contributed by atoms with E-state index in [0.717, 1.165) is 37.7 Å². The molecule has 23 heavy (non-hydrogen) atoms. The molecular formula is C18H21N3O2. The quantitative estimate of drug-likeness (QED) is 0.901. The van der Waals surface area contributed by atoms with Gasteiger partial charge in [-0.1, -0.05) is 49.6 Å². The summed E-state index contributed by atoms with van der Waals surface area (Å²) in [6.07, 6.45) is 16.2. The van der Waals surface area contributed by atoms with Crippen molar-refractivity contribution in [3.63, 3.8) is 0 Å². The molecule has 0 spiro atoms. The van der Waals surface area contributed by atoms with Crippen molar-refractivity contribution in [2.75, 3.05) is 0 Å². The van der Waals surface area contributed by atoms with Crippen LogP contribution < -0.4 is 10.9 Å². The maximum absolute atomic E-state index is 12.4. The highest BCUT2D eigenvalue weighted by molar-refractivity contribution is 5.94. The first-order valence-electron chi connectivity index (χ1n) is 8.18. The molecule has 2 N–H and O–H groups in total. The summed E-state index contributed by atoms with van der Waals surface area (Å²) in [6, 6.07) is 1.75. The van der Waals surface area contributed by atoms with Gasteiger partial charge in [0.1, 0.15) is 5.56 Å². The fraction of sp³-hybridized carbons (Fsp3) is 0.389. The molecule has 2 aliphatic carbocycles. The van der Waals surface area contributed by atoms with E-state index in [9.17, 15) is 9.59 Å². The number of hydrogen-bond donors (Lipinski definition) is 2. The molecule has 0 aliphatic heterocycles. The largest absolute Gasteiger partial charge is 0.349 e. The highest BCUT2D eigenvalue weighted by Crippen LogP contribution is 2.18. The van der Waals surface area contributed by atoms with Crippen LogP contribution in [0.5, 0.6) is 0 Å². The number of allylic oxidation sites excluding steroid dienone is 6. The zero-order chi connectivity index (χ0) is 16.1. The predicted molar refractivity (Wildman–Crippen MR) is 90.1 cm³/mol. The fourth-order valence-electron chi connectivity index (χ4n) is 2.98. The molecule has 0 radical (unpaired) electrons. The first-order chi connectivity index (χ1) is 11.2. The van der Waals surface area contributed by atoms with Crippen molar-refractivity contribution in [2.45, 2.75) is 44.6 Å². The summed E-state index contributed by atoms with van der Waals surface area (Å²) in [5.41, 5.74) is 1.15. The third-order valence-electron chi connectivity index (χ3n) is 4.27. The second-order valence-electron chi connectivity index (χ2n) is 5.99. The molecule has 1 aromatic rings. The van der Waals surface area contributed by atoms with E-state index in [-0.39, 0.29) is 17.5 Å². The SMILES string of the molecule is O=C(NC1CCCCC1)c1cc(C2=CC=CCC=C2)n[nH]c1=O. The molecule has 1 fully saturated rings. The van der Waals surface area contributed by atoms with Gasteiger partial charge >= 0.3 is 0 Å². The van der Waals surface area contributed by atoms with Crippen molar-refractivity contribution >= 4 is 11.5 Å². The lowest BCUT2D eigenvalue weighted by molar-refractivity contribution is 0.0926. The number of amides is 1. The van der Waals surface area contributed by atoms with Crippen LogP contribution in [0.3, 0.4) is 0 Å². The smallest absolute Gasteiger partial charge is 0.277 e. The Labute approximate surface area is 135 Å². The second-order valence-corrected chi connectivity index (χ2v) is 5.99. The van der Waals surface area contributed by atoms with Gasteiger partial charge in [-0.2, -0.15) is 5.10 Å². The summed E-state index contributed by atoms with van der Waals surface area (Å²) in [5, 5.41) is 9.48. The molecule has 1 aromatic heterocycles. The highest BCUT2D eigenvalue weighted by Gasteiger charge is 2.19. The number of aromatic nitrogens is 2. The van der Waals surface area contributed by atoms with Crippen LogP contribution in [0.25, 0.3) is 5.57 Å². The Morgan fingerprint density at radius 2 is 2.04 bits per heavy atom. The lowest BCUT2D eigenvalue weighted by Gasteiger charge is -2.22. The van der Waals surface area contributed by atoms with Crippen LogP contribution in [-0.2, 0) is 0 Å². The van der Waals surface area contributed by atoms with Gasteiger partial charge in [-0.05, 0) is 25.3 Å². The van der Waals surface area contributed by atoms with Crippen LogP contribution in [-0.4, -0.2) is 22.1 Å². The Kier molecular flexibility index (Phi) is 4.86. The molecule has 1 saturated carbocycles. The molecule has 1 heterocycles. The molecule has 5 heteroatoms. The van der Waals surface area contributed by atoms with Crippen molar-refractivity contribution in [3.8, 4) is 0 Å². The first kappa shape index (κ1) is 15.5. The van der Waals surface area contributed by atoms with E-state index in [2.05, 4.69) is 15.5 Å². The number of carbonyl (C=O) groups excluding carboxylic acids is 1. The Morgan fingerprint density at radius 1 is 1.22 bits per heavy atom. The minimum Gasteiger partial charge on any atom is -0.349 e. The van der Waals surface area contributed by atoms with E-state index >= 15 is 0 Å². The summed E-state index contributed by atoms with van der Waals surface area (Å²) in [7, 11) is 0. The lowest BCUT2D eigenvalue weighted by atomic mass is 9.95. The van der Waals surface area contributed by atoms with Gasteiger partial charge in [-0.3, -0.25) is 9.59 Å². The van der Waals surface area contributed by atoms with E-state index in [1.54, 1.807) is 6.07 Å². The maximum Gasteiger partial charge on any atom is 0.277 e. The Morgan fingerprint density at radius 3 is 2.87 bits per heavy atom. The number of carbonyl (C=O) groups is 1. The monoisotopic (exact) mass is 311 g/mol. The average Bonchev–Trinajstić information content (AvgIpc) is 2.85. The zero-order valence-corrected chi connectivity index (χ0v) is 13.0. The van der Waals surface area contributed by atoms with Crippen molar-refractivity contribution in [1.29, 1.82) is 0 Å². The molecule has 1 amide bonds. The van der Waals surface area contributed by atoms with Crippen molar-refractivity contribution in [2.24, 2.45) is 0 Å². The molecule has 0 aromatic carbocycles. The van der Waals surface area contributed by atoms with Gasteiger partial charge in [0.2, 0.25) is 0 Å². The number of H-pyrrole nitrogens is 1. The summed E-state index contributed by atoms with van der Waals surface area (Å²) in [6.45, 7) is 0. The van der Waals surface area contributed by atoms with E-state index in [1.807, 2.05) is 30.4 Å². The number of aromatic amines is 1. The molecule has 0 bridgehead atoms. The highest BCUT2D eigenvalue weighted by atomic mass is 16.2. The number of hydrogen-bond acceptors (Lipinski definition) is 3. The third kappa shape index (κ3) is 3.86. The van der Waals surface area contributed by atoms with E-state index in [4.69, 9.17) is 0 Å². The average molecular weight is 311 g/mol. The third-order valence-corrected chi connectivity index (χ3v) is 4.27. The maximum atomic E-state index is 12.4. The van der Waals surface area contributed by atoms with E-state index < -0.39 is 5.56 Å². The van der Waals surface area contributed by atoms with Crippen LogP contribution in [0.15, 0.2) is 41.2 Å². The molecule has 120 valence electrons. The number of rotatable bonds is 3. The topological polar surface area (TPSA) is 74.8 Å². The summed E-state index contributed by atoms with van der Waals surface area (Å²) >= 11 is 0. The van der Waals surface area contributed by atoms with Gasteiger partial charge in [-0.25, -0.2) is 5.10 Å². The van der Waals surface area contributed by atoms with Crippen molar-refractivity contribution in [1.82, 2.24) is 15.5 Å². The Hall–Kier alpha value is -2.43. The van der Waals surface area contributed by atoms with Crippen LogP contribution in [0.4, 0.5) is 0 Å². The van der Waals surface area contributed by atoms with Gasteiger partial charge < -0.3 is 5.32 Å².